The summed E-state index contributed by atoms with van der Waals surface area (Å²) in [4.78, 5) is 0. The molecule has 1 saturated heterocycles. The van der Waals surface area contributed by atoms with Crippen LogP contribution >= 0.6 is 11.6 Å². The molecular weight excluding hydrogens is 305 g/mol. The van der Waals surface area contributed by atoms with Crippen LogP contribution in [0.25, 0.3) is 0 Å². The lowest BCUT2D eigenvalue weighted by Crippen LogP contribution is -2.50. The minimum absolute atomic E-state index is 0.0646. The van der Waals surface area contributed by atoms with Gasteiger partial charge < -0.3 is 14.8 Å². The van der Waals surface area contributed by atoms with Crippen molar-refractivity contribution in [2.75, 3.05) is 19.7 Å². The molecule has 5 heteroatoms. The molecule has 2 aromatic carbocycles. The molecule has 0 radical (unpaired) electrons. The molecule has 0 saturated carbocycles. The molecule has 22 heavy (non-hydrogen) atoms. The van der Waals surface area contributed by atoms with Gasteiger partial charge in [-0.05, 0) is 17.7 Å². The highest BCUT2D eigenvalue weighted by Gasteiger charge is 2.21. The zero-order chi connectivity index (χ0) is 15.4. The number of ether oxygens (including phenoxy) is 2. The van der Waals surface area contributed by atoms with Crippen LogP contribution < -0.4 is 14.8 Å². The molecule has 3 rings (SSSR count). The van der Waals surface area contributed by atoms with Crippen LogP contribution in [-0.2, 0) is 0 Å². The summed E-state index contributed by atoms with van der Waals surface area (Å²) in [5, 5.41) is 3.69. The Balaban J connectivity index is 1.66. The molecule has 2 aromatic rings. The smallest absolute Gasteiger partial charge is 0.163 e. The molecular formula is C17H17ClFNO2. The van der Waals surface area contributed by atoms with Crippen LogP contribution in [0.1, 0.15) is 11.7 Å². The van der Waals surface area contributed by atoms with Gasteiger partial charge in [0.2, 0.25) is 0 Å². The summed E-state index contributed by atoms with van der Waals surface area (Å²) in [6.45, 7) is 1.52. The standard InChI is InChI=1S/C17H17ClFNO2/c18-13-6-7-16(17(8-13)22-14-9-20-10-14)21-11-15(19)12-4-2-1-3-5-12/h1-8,14-15,20H,9-11H2. The molecule has 1 fully saturated rings. The summed E-state index contributed by atoms with van der Waals surface area (Å²) in [7, 11) is 0. The summed E-state index contributed by atoms with van der Waals surface area (Å²) in [6.07, 6.45) is -1.08. The largest absolute Gasteiger partial charge is 0.486 e. The first-order valence-electron chi connectivity index (χ1n) is 7.21. The minimum Gasteiger partial charge on any atom is -0.486 e. The van der Waals surface area contributed by atoms with E-state index in [2.05, 4.69) is 5.32 Å². The average Bonchev–Trinajstić information content (AvgIpc) is 2.50. The van der Waals surface area contributed by atoms with Crippen molar-refractivity contribution in [1.82, 2.24) is 5.32 Å². The molecule has 0 aliphatic carbocycles. The SMILES string of the molecule is FC(COc1ccc(Cl)cc1OC1CNC1)c1ccccc1. The molecule has 0 bridgehead atoms. The van der Waals surface area contributed by atoms with Crippen molar-refractivity contribution in [2.45, 2.75) is 12.3 Å². The van der Waals surface area contributed by atoms with E-state index in [0.29, 0.717) is 22.1 Å². The Morgan fingerprint density at radius 2 is 1.91 bits per heavy atom. The van der Waals surface area contributed by atoms with Crippen LogP contribution in [0.15, 0.2) is 48.5 Å². The first kappa shape index (κ1) is 15.1. The molecule has 1 N–H and O–H groups in total. The second kappa shape index (κ2) is 6.99. The van der Waals surface area contributed by atoms with Gasteiger partial charge >= 0.3 is 0 Å². The average molecular weight is 322 g/mol. The highest BCUT2D eigenvalue weighted by molar-refractivity contribution is 6.30. The Labute approximate surface area is 134 Å². The zero-order valence-electron chi connectivity index (χ0n) is 12.0. The molecule has 1 aliphatic rings. The molecule has 3 nitrogen and oxygen atoms in total. The van der Waals surface area contributed by atoms with Gasteiger partial charge in [-0.2, -0.15) is 0 Å². The van der Waals surface area contributed by atoms with Crippen molar-refractivity contribution in [2.24, 2.45) is 0 Å². The molecule has 1 atom stereocenters. The van der Waals surface area contributed by atoms with E-state index in [9.17, 15) is 4.39 Å². The van der Waals surface area contributed by atoms with Gasteiger partial charge in [0.15, 0.2) is 17.7 Å². The van der Waals surface area contributed by atoms with E-state index in [4.69, 9.17) is 21.1 Å². The highest BCUT2D eigenvalue weighted by Crippen LogP contribution is 2.32. The van der Waals surface area contributed by atoms with Crippen molar-refractivity contribution in [3.63, 3.8) is 0 Å². The van der Waals surface area contributed by atoms with E-state index in [1.165, 1.54) is 0 Å². The van der Waals surface area contributed by atoms with Crippen LogP contribution in [0.3, 0.4) is 0 Å². The second-order valence-corrected chi connectivity index (χ2v) is 5.61. The third-order valence-corrected chi connectivity index (χ3v) is 3.72. The lowest BCUT2D eigenvalue weighted by molar-refractivity contribution is 0.130. The maximum absolute atomic E-state index is 14.2. The van der Waals surface area contributed by atoms with Gasteiger partial charge in [-0.25, -0.2) is 4.39 Å². The first-order valence-corrected chi connectivity index (χ1v) is 7.59. The van der Waals surface area contributed by atoms with E-state index in [-0.39, 0.29) is 12.7 Å². The molecule has 1 heterocycles. The highest BCUT2D eigenvalue weighted by atomic mass is 35.5. The molecule has 1 unspecified atom stereocenters. The van der Waals surface area contributed by atoms with Gasteiger partial charge in [0, 0.05) is 24.2 Å². The second-order valence-electron chi connectivity index (χ2n) is 5.18. The number of nitrogens with one attached hydrogen (secondary N) is 1. The van der Waals surface area contributed by atoms with Crippen LogP contribution in [-0.4, -0.2) is 25.8 Å². The van der Waals surface area contributed by atoms with E-state index >= 15 is 0 Å². The molecule has 1 aliphatic heterocycles. The predicted octanol–water partition coefficient (Wildman–Crippen LogP) is 3.78. The Morgan fingerprint density at radius 1 is 1.14 bits per heavy atom. The number of benzene rings is 2. The molecule has 0 amide bonds. The van der Waals surface area contributed by atoms with E-state index in [1.807, 2.05) is 18.2 Å². The number of halogens is 2. The summed E-state index contributed by atoms with van der Waals surface area (Å²) >= 11 is 5.99. The van der Waals surface area contributed by atoms with Crippen LogP contribution in [0.5, 0.6) is 11.5 Å². The van der Waals surface area contributed by atoms with Gasteiger partial charge in [0.05, 0.1) is 0 Å². The Morgan fingerprint density at radius 3 is 2.59 bits per heavy atom. The van der Waals surface area contributed by atoms with Gasteiger partial charge in [-0.3, -0.25) is 0 Å². The molecule has 0 aromatic heterocycles. The van der Waals surface area contributed by atoms with Crippen LogP contribution in [0.2, 0.25) is 5.02 Å². The summed E-state index contributed by atoms with van der Waals surface area (Å²) in [6, 6.07) is 14.1. The third-order valence-electron chi connectivity index (χ3n) is 3.49. The predicted molar refractivity (Wildman–Crippen MR) is 84.5 cm³/mol. The van der Waals surface area contributed by atoms with Crippen molar-refractivity contribution < 1.29 is 13.9 Å². The van der Waals surface area contributed by atoms with Crippen molar-refractivity contribution in [3.05, 3.63) is 59.1 Å². The summed E-state index contributed by atoms with van der Waals surface area (Å²) in [5.41, 5.74) is 0.599. The first-order chi connectivity index (χ1) is 10.7. The fourth-order valence-corrected chi connectivity index (χ4v) is 2.30. The number of alkyl halides is 1. The van der Waals surface area contributed by atoms with E-state index in [1.54, 1.807) is 30.3 Å². The maximum atomic E-state index is 14.2. The lowest BCUT2D eigenvalue weighted by Gasteiger charge is -2.28. The van der Waals surface area contributed by atoms with Gasteiger partial charge in [-0.15, -0.1) is 0 Å². The molecule has 116 valence electrons. The van der Waals surface area contributed by atoms with Crippen LogP contribution in [0.4, 0.5) is 4.39 Å². The van der Waals surface area contributed by atoms with Crippen molar-refractivity contribution in [1.29, 1.82) is 0 Å². The Kier molecular flexibility index (Phi) is 4.80. The number of hydrogen-bond acceptors (Lipinski definition) is 3. The Bertz CT molecular complexity index is 619. The van der Waals surface area contributed by atoms with Gasteiger partial charge in [0.25, 0.3) is 0 Å². The van der Waals surface area contributed by atoms with Crippen molar-refractivity contribution >= 4 is 11.6 Å². The molecule has 0 spiro atoms. The monoisotopic (exact) mass is 321 g/mol. The van der Waals surface area contributed by atoms with Gasteiger partial charge in [-0.1, -0.05) is 41.9 Å². The minimum atomic E-state index is -1.19. The fourth-order valence-electron chi connectivity index (χ4n) is 2.14. The van der Waals surface area contributed by atoms with E-state index in [0.717, 1.165) is 13.1 Å². The quantitative estimate of drug-likeness (QED) is 0.878. The van der Waals surface area contributed by atoms with E-state index < -0.39 is 6.17 Å². The number of hydrogen-bond donors (Lipinski definition) is 1. The zero-order valence-corrected chi connectivity index (χ0v) is 12.7. The summed E-state index contributed by atoms with van der Waals surface area (Å²) < 4.78 is 25.6. The normalized spacial score (nSPS) is 15.9. The van der Waals surface area contributed by atoms with Crippen molar-refractivity contribution in [3.8, 4) is 11.5 Å². The topological polar surface area (TPSA) is 30.5 Å². The third kappa shape index (κ3) is 3.70. The van der Waals surface area contributed by atoms with Crippen LogP contribution in [0, 0.1) is 0 Å². The number of rotatable bonds is 6. The summed E-state index contributed by atoms with van der Waals surface area (Å²) in [5.74, 6) is 1.06. The fraction of sp³-hybridized carbons (Fsp3) is 0.294. The maximum Gasteiger partial charge on any atom is 0.163 e. The lowest BCUT2D eigenvalue weighted by atomic mass is 10.1. The van der Waals surface area contributed by atoms with Gasteiger partial charge in [0.1, 0.15) is 12.7 Å². The Hall–Kier alpha value is -1.78.